The van der Waals surface area contributed by atoms with Crippen molar-refractivity contribution in [1.82, 2.24) is 9.97 Å². The molecule has 1 N–H and O–H groups in total. The number of aromatic nitrogens is 2. The Kier molecular flexibility index (Phi) is 5.28. The molecule has 0 bridgehead atoms. The predicted molar refractivity (Wildman–Crippen MR) is 90.9 cm³/mol. The molecule has 0 aliphatic carbocycles. The molecule has 0 aliphatic rings. The summed E-state index contributed by atoms with van der Waals surface area (Å²) in [6, 6.07) is 5.91. The molecule has 1 amide bonds. The molecule has 1 aromatic carbocycles. The van der Waals surface area contributed by atoms with Crippen LogP contribution in [0.4, 0.5) is 11.6 Å². The molecule has 6 nitrogen and oxygen atoms in total. The van der Waals surface area contributed by atoms with E-state index in [1.165, 1.54) is 6.20 Å². The molecule has 0 saturated carbocycles. The fourth-order valence-corrected chi connectivity index (χ4v) is 2.30. The Balaban J connectivity index is 2.30. The van der Waals surface area contributed by atoms with Crippen molar-refractivity contribution in [2.45, 2.75) is 20.5 Å². The number of aryl methyl sites for hydroxylation is 2. The second kappa shape index (κ2) is 7.19. The van der Waals surface area contributed by atoms with Crippen LogP contribution in [0.25, 0.3) is 0 Å². The van der Waals surface area contributed by atoms with Gasteiger partial charge in [-0.05, 0) is 37.1 Å². The van der Waals surface area contributed by atoms with Crippen molar-refractivity contribution in [2.24, 2.45) is 0 Å². The van der Waals surface area contributed by atoms with Crippen LogP contribution < -0.4 is 10.2 Å². The molecule has 0 saturated heterocycles. The lowest BCUT2D eigenvalue weighted by Crippen LogP contribution is -2.19. The first-order chi connectivity index (χ1) is 10.9. The van der Waals surface area contributed by atoms with E-state index < -0.39 is 0 Å². The Morgan fingerprint density at radius 2 is 1.87 bits per heavy atom. The highest BCUT2D eigenvalue weighted by Crippen LogP contribution is 2.17. The number of carbonyl (C=O) groups is 1. The first-order valence-electron chi connectivity index (χ1n) is 7.32. The fourth-order valence-electron chi connectivity index (χ4n) is 2.30. The third kappa shape index (κ3) is 4.26. The number of rotatable bonds is 5. The van der Waals surface area contributed by atoms with E-state index in [1.54, 1.807) is 12.0 Å². The minimum atomic E-state index is -0.243. The Labute approximate surface area is 136 Å². The smallest absolute Gasteiger partial charge is 0.259 e. The Morgan fingerprint density at radius 1 is 1.22 bits per heavy atom. The van der Waals surface area contributed by atoms with Crippen LogP contribution in [0.3, 0.4) is 0 Å². The molecule has 0 fully saturated rings. The molecular weight excluding hydrogens is 292 g/mol. The summed E-state index contributed by atoms with van der Waals surface area (Å²) in [5.41, 5.74) is 3.92. The van der Waals surface area contributed by atoms with Crippen LogP contribution in [0.15, 0.2) is 24.4 Å². The number of carbonyl (C=O) groups excluding carboxylic acids is 1. The van der Waals surface area contributed by atoms with Gasteiger partial charge in [0.05, 0.1) is 17.9 Å². The molecule has 23 heavy (non-hydrogen) atoms. The van der Waals surface area contributed by atoms with Gasteiger partial charge in [-0.15, -0.1) is 0 Å². The zero-order valence-electron chi connectivity index (χ0n) is 14.2. The number of amides is 1. The van der Waals surface area contributed by atoms with Crippen molar-refractivity contribution < 1.29 is 9.53 Å². The normalized spacial score (nSPS) is 10.5. The van der Waals surface area contributed by atoms with Crippen LogP contribution in [-0.4, -0.2) is 37.1 Å². The molecule has 2 aromatic rings. The van der Waals surface area contributed by atoms with Crippen LogP contribution in [0, 0.1) is 13.8 Å². The lowest BCUT2D eigenvalue weighted by atomic mass is 10.1. The maximum atomic E-state index is 12.6. The van der Waals surface area contributed by atoms with Gasteiger partial charge >= 0.3 is 0 Å². The van der Waals surface area contributed by atoms with Gasteiger partial charge < -0.3 is 15.0 Å². The van der Waals surface area contributed by atoms with E-state index in [-0.39, 0.29) is 12.5 Å². The lowest BCUT2D eigenvalue weighted by molar-refractivity contribution is 0.102. The van der Waals surface area contributed by atoms with Gasteiger partial charge in [-0.3, -0.25) is 4.79 Å². The third-order valence-corrected chi connectivity index (χ3v) is 3.26. The van der Waals surface area contributed by atoms with Crippen LogP contribution in [-0.2, 0) is 11.3 Å². The third-order valence-electron chi connectivity index (χ3n) is 3.26. The first kappa shape index (κ1) is 16.9. The second-order valence-corrected chi connectivity index (χ2v) is 5.69. The molecule has 2 rings (SSSR count). The summed E-state index contributed by atoms with van der Waals surface area (Å²) in [5.74, 6) is 0.298. The molecule has 1 heterocycles. The van der Waals surface area contributed by atoms with Gasteiger partial charge in [0.2, 0.25) is 5.95 Å². The SMILES string of the molecule is COCc1nc(N(C)C)ncc1C(=O)Nc1cc(C)cc(C)c1. The highest BCUT2D eigenvalue weighted by atomic mass is 16.5. The van der Waals surface area contributed by atoms with Crippen LogP contribution in [0.5, 0.6) is 0 Å². The van der Waals surface area contributed by atoms with Gasteiger partial charge in [0.25, 0.3) is 5.91 Å². The molecule has 0 atom stereocenters. The van der Waals surface area contributed by atoms with Crippen molar-refractivity contribution in [3.05, 3.63) is 46.8 Å². The number of ether oxygens (including phenoxy) is 1. The van der Waals surface area contributed by atoms with Gasteiger partial charge in [-0.2, -0.15) is 0 Å². The van der Waals surface area contributed by atoms with E-state index in [9.17, 15) is 4.79 Å². The number of nitrogens with one attached hydrogen (secondary N) is 1. The maximum Gasteiger partial charge on any atom is 0.259 e. The van der Waals surface area contributed by atoms with E-state index in [0.29, 0.717) is 17.2 Å². The summed E-state index contributed by atoms with van der Waals surface area (Å²) in [4.78, 5) is 22.9. The standard InChI is InChI=1S/C17H22N4O2/c1-11-6-12(2)8-13(7-11)19-16(22)14-9-18-17(21(3)4)20-15(14)10-23-5/h6-9H,10H2,1-5H3,(H,19,22). The van der Waals surface area contributed by atoms with E-state index in [2.05, 4.69) is 21.4 Å². The van der Waals surface area contributed by atoms with E-state index in [1.807, 2.05) is 40.1 Å². The summed E-state index contributed by atoms with van der Waals surface area (Å²) >= 11 is 0. The quantitative estimate of drug-likeness (QED) is 0.918. The van der Waals surface area contributed by atoms with Crippen molar-refractivity contribution in [1.29, 1.82) is 0 Å². The molecular formula is C17H22N4O2. The van der Waals surface area contributed by atoms with Gasteiger partial charge in [-0.25, -0.2) is 9.97 Å². The average Bonchev–Trinajstić information content (AvgIpc) is 2.46. The van der Waals surface area contributed by atoms with Crippen LogP contribution >= 0.6 is 0 Å². The number of benzene rings is 1. The maximum absolute atomic E-state index is 12.6. The van der Waals surface area contributed by atoms with E-state index in [0.717, 1.165) is 16.8 Å². The molecule has 6 heteroatoms. The Bertz CT molecular complexity index is 693. The number of nitrogens with zero attached hydrogens (tertiary/aromatic N) is 3. The van der Waals surface area contributed by atoms with Crippen molar-refractivity contribution >= 4 is 17.5 Å². The summed E-state index contributed by atoms with van der Waals surface area (Å²) in [5, 5.41) is 2.90. The largest absolute Gasteiger partial charge is 0.378 e. The van der Waals surface area contributed by atoms with Gasteiger partial charge in [0.1, 0.15) is 0 Å². The minimum Gasteiger partial charge on any atom is -0.378 e. The topological polar surface area (TPSA) is 67.3 Å². The molecule has 122 valence electrons. The Morgan fingerprint density at radius 3 is 2.43 bits per heavy atom. The second-order valence-electron chi connectivity index (χ2n) is 5.69. The Hall–Kier alpha value is -2.47. The van der Waals surface area contributed by atoms with E-state index >= 15 is 0 Å². The van der Waals surface area contributed by atoms with Gasteiger partial charge in [-0.1, -0.05) is 6.07 Å². The summed E-state index contributed by atoms with van der Waals surface area (Å²) in [7, 11) is 5.27. The highest BCUT2D eigenvalue weighted by Gasteiger charge is 2.16. The van der Waals surface area contributed by atoms with Gasteiger partial charge in [0.15, 0.2) is 0 Å². The molecule has 0 aliphatic heterocycles. The first-order valence-corrected chi connectivity index (χ1v) is 7.32. The molecule has 0 spiro atoms. The predicted octanol–water partition coefficient (Wildman–Crippen LogP) is 2.56. The van der Waals surface area contributed by atoms with Crippen LogP contribution in [0.1, 0.15) is 27.2 Å². The number of hydrogen-bond acceptors (Lipinski definition) is 5. The molecule has 0 unspecified atom stereocenters. The van der Waals surface area contributed by atoms with Crippen LogP contribution in [0.2, 0.25) is 0 Å². The monoisotopic (exact) mass is 314 g/mol. The fraction of sp³-hybridized carbons (Fsp3) is 0.353. The minimum absolute atomic E-state index is 0.243. The highest BCUT2D eigenvalue weighted by molar-refractivity contribution is 6.05. The number of hydrogen-bond donors (Lipinski definition) is 1. The lowest BCUT2D eigenvalue weighted by Gasteiger charge is -2.14. The van der Waals surface area contributed by atoms with Crippen molar-refractivity contribution in [2.75, 3.05) is 31.4 Å². The molecule has 0 radical (unpaired) electrons. The number of anilines is 2. The average molecular weight is 314 g/mol. The van der Waals surface area contributed by atoms with Crippen molar-refractivity contribution in [3.63, 3.8) is 0 Å². The zero-order chi connectivity index (χ0) is 17.0. The molecule has 1 aromatic heterocycles. The van der Waals surface area contributed by atoms with E-state index in [4.69, 9.17) is 4.74 Å². The number of methoxy groups -OCH3 is 1. The zero-order valence-corrected chi connectivity index (χ0v) is 14.2. The summed E-state index contributed by atoms with van der Waals surface area (Å²) < 4.78 is 5.15. The van der Waals surface area contributed by atoms with Gasteiger partial charge in [0, 0.05) is 33.1 Å². The summed E-state index contributed by atoms with van der Waals surface area (Å²) in [6.45, 7) is 4.24. The summed E-state index contributed by atoms with van der Waals surface area (Å²) in [6.07, 6.45) is 1.54. The van der Waals surface area contributed by atoms with Crippen molar-refractivity contribution in [3.8, 4) is 0 Å².